The summed E-state index contributed by atoms with van der Waals surface area (Å²) in [6.45, 7) is 15.1. The second-order valence-corrected chi connectivity index (χ2v) is 5.32. The van der Waals surface area contributed by atoms with Gasteiger partial charge in [0, 0.05) is 16.9 Å². The van der Waals surface area contributed by atoms with E-state index in [4.69, 9.17) is 5.73 Å². The van der Waals surface area contributed by atoms with Crippen molar-refractivity contribution < 1.29 is 5.11 Å². The van der Waals surface area contributed by atoms with Gasteiger partial charge in [0.05, 0.1) is 6.10 Å². The first-order valence-electron chi connectivity index (χ1n) is 6.43. The number of hydrogen-bond donors (Lipinski definition) is 2. The van der Waals surface area contributed by atoms with Crippen LogP contribution in [-0.2, 0) is 0 Å². The Morgan fingerprint density at radius 3 is 1.28 bits per heavy atom. The van der Waals surface area contributed by atoms with Gasteiger partial charge < -0.3 is 10.8 Å². The van der Waals surface area contributed by atoms with Crippen molar-refractivity contribution in [1.82, 2.24) is 0 Å². The summed E-state index contributed by atoms with van der Waals surface area (Å²) < 4.78 is 0. The van der Waals surface area contributed by atoms with Gasteiger partial charge in [0.15, 0.2) is 0 Å². The van der Waals surface area contributed by atoms with Gasteiger partial charge in [-0.2, -0.15) is 0 Å². The number of aliphatic hydroxyl groups is 1. The Balaban J connectivity index is 3.07. The summed E-state index contributed by atoms with van der Waals surface area (Å²) in [5.41, 5.74) is 5.77. The van der Waals surface area contributed by atoms with E-state index >= 15 is 0 Å². The molecule has 0 amide bonds. The fourth-order valence-corrected chi connectivity index (χ4v) is 3.58. The van der Waals surface area contributed by atoms with E-state index in [1.807, 2.05) is 24.3 Å². The molecule has 1 saturated carbocycles. The highest BCUT2D eigenvalue weighted by molar-refractivity contribution is 5.24. The van der Waals surface area contributed by atoms with Gasteiger partial charge >= 0.3 is 0 Å². The number of aliphatic hydroxyl groups excluding tert-OH is 1. The lowest BCUT2D eigenvalue weighted by molar-refractivity contribution is -0.201. The zero-order chi connectivity index (χ0) is 13.8. The van der Waals surface area contributed by atoms with Crippen LogP contribution in [0.2, 0.25) is 0 Å². The Bertz CT molecular complexity index is 279. The monoisotopic (exact) mass is 247 g/mol. The molecule has 1 rings (SSSR count). The van der Waals surface area contributed by atoms with Crippen molar-refractivity contribution in [3.05, 3.63) is 50.6 Å². The van der Waals surface area contributed by atoms with Gasteiger partial charge in [0.25, 0.3) is 0 Å². The Kier molecular flexibility index (Phi) is 4.71. The zero-order valence-corrected chi connectivity index (χ0v) is 11.1. The van der Waals surface area contributed by atoms with E-state index in [-0.39, 0.29) is 16.9 Å². The fraction of sp³-hybridized carbons (Fsp3) is 0.500. The van der Waals surface area contributed by atoms with Crippen molar-refractivity contribution in [3.8, 4) is 0 Å². The number of allylic oxidation sites excluding steroid dienone is 4. The molecule has 0 unspecified atom stereocenters. The third kappa shape index (κ3) is 1.90. The fourth-order valence-electron chi connectivity index (χ4n) is 3.58. The molecule has 0 radical (unpaired) electrons. The third-order valence-electron chi connectivity index (χ3n) is 4.43. The molecule has 18 heavy (non-hydrogen) atoms. The lowest BCUT2D eigenvalue weighted by atomic mass is 9.43. The first-order valence-corrected chi connectivity index (χ1v) is 6.43. The molecule has 0 atom stereocenters. The van der Waals surface area contributed by atoms with Crippen LogP contribution in [0.3, 0.4) is 0 Å². The van der Waals surface area contributed by atoms with Crippen LogP contribution in [0.15, 0.2) is 50.6 Å². The molecule has 2 nitrogen and oxygen atoms in total. The molecular weight excluding hydrogens is 222 g/mol. The van der Waals surface area contributed by atoms with Crippen LogP contribution in [0.25, 0.3) is 0 Å². The standard InChI is InChI=1S/C16H25NO/c1-5-9-15(10-6-2)13(17)16(11-7-3,12-8-4)14(15)18/h5-8,13-14,18H,1-4,9-12,17H2. The van der Waals surface area contributed by atoms with Crippen molar-refractivity contribution in [2.75, 3.05) is 0 Å². The Hall–Kier alpha value is -1.12. The van der Waals surface area contributed by atoms with E-state index in [1.54, 1.807) is 0 Å². The van der Waals surface area contributed by atoms with Crippen molar-refractivity contribution in [3.63, 3.8) is 0 Å². The first-order chi connectivity index (χ1) is 8.55. The minimum absolute atomic E-state index is 0.0907. The molecule has 1 fully saturated rings. The van der Waals surface area contributed by atoms with Gasteiger partial charge in [-0.05, 0) is 25.7 Å². The summed E-state index contributed by atoms with van der Waals surface area (Å²) >= 11 is 0. The van der Waals surface area contributed by atoms with Crippen molar-refractivity contribution >= 4 is 0 Å². The molecule has 2 heteroatoms. The molecule has 0 aliphatic heterocycles. The van der Waals surface area contributed by atoms with Gasteiger partial charge in [-0.15, -0.1) is 26.3 Å². The minimum atomic E-state index is -0.466. The van der Waals surface area contributed by atoms with Crippen molar-refractivity contribution in [2.24, 2.45) is 16.6 Å². The summed E-state index contributed by atoms with van der Waals surface area (Å²) in [7, 11) is 0. The van der Waals surface area contributed by atoms with Gasteiger partial charge in [-0.3, -0.25) is 0 Å². The molecule has 1 aliphatic rings. The second-order valence-electron chi connectivity index (χ2n) is 5.32. The van der Waals surface area contributed by atoms with E-state index in [0.29, 0.717) is 25.7 Å². The van der Waals surface area contributed by atoms with Crippen molar-refractivity contribution in [1.29, 1.82) is 0 Å². The van der Waals surface area contributed by atoms with Crippen LogP contribution in [0.5, 0.6) is 0 Å². The predicted octanol–water partition coefficient (Wildman–Crippen LogP) is 2.97. The van der Waals surface area contributed by atoms with Crippen molar-refractivity contribution in [2.45, 2.75) is 37.8 Å². The Morgan fingerprint density at radius 2 is 1.11 bits per heavy atom. The van der Waals surface area contributed by atoms with E-state index in [9.17, 15) is 5.11 Å². The third-order valence-corrected chi connectivity index (χ3v) is 4.43. The molecular formula is C16H25NO. The molecule has 0 aromatic carbocycles. The Labute approximate surface area is 111 Å². The topological polar surface area (TPSA) is 46.2 Å². The molecule has 0 aromatic heterocycles. The summed E-state index contributed by atoms with van der Waals surface area (Å²) in [5, 5.41) is 10.7. The van der Waals surface area contributed by atoms with Gasteiger partial charge in [0.1, 0.15) is 0 Å². The van der Waals surface area contributed by atoms with E-state index < -0.39 is 6.10 Å². The van der Waals surface area contributed by atoms with Gasteiger partial charge in [-0.25, -0.2) is 0 Å². The molecule has 0 bridgehead atoms. The maximum Gasteiger partial charge on any atom is 0.0694 e. The van der Waals surface area contributed by atoms with Crippen LogP contribution >= 0.6 is 0 Å². The largest absolute Gasteiger partial charge is 0.392 e. The highest BCUT2D eigenvalue weighted by Gasteiger charge is 2.66. The second kappa shape index (κ2) is 5.68. The lowest BCUT2D eigenvalue weighted by Gasteiger charge is -2.65. The lowest BCUT2D eigenvalue weighted by Crippen LogP contribution is -2.75. The van der Waals surface area contributed by atoms with Crippen LogP contribution in [-0.4, -0.2) is 17.3 Å². The average Bonchev–Trinajstić information content (AvgIpc) is 2.36. The average molecular weight is 247 g/mol. The molecule has 0 saturated heterocycles. The van der Waals surface area contributed by atoms with E-state index in [2.05, 4.69) is 26.3 Å². The number of hydrogen-bond acceptors (Lipinski definition) is 2. The quantitative estimate of drug-likeness (QED) is 0.648. The summed E-state index contributed by atoms with van der Waals surface area (Å²) in [4.78, 5) is 0. The van der Waals surface area contributed by atoms with Crippen LogP contribution in [0.1, 0.15) is 25.7 Å². The summed E-state index contributed by atoms with van der Waals surface area (Å²) in [6, 6.07) is -0.0907. The highest BCUT2D eigenvalue weighted by atomic mass is 16.3. The molecule has 1 aliphatic carbocycles. The van der Waals surface area contributed by atoms with Crippen LogP contribution in [0, 0.1) is 10.8 Å². The molecule has 3 N–H and O–H groups in total. The summed E-state index contributed by atoms with van der Waals surface area (Å²) in [6.07, 6.45) is 9.68. The minimum Gasteiger partial charge on any atom is -0.392 e. The molecule has 0 spiro atoms. The highest BCUT2D eigenvalue weighted by Crippen LogP contribution is 2.61. The first kappa shape index (κ1) is 14.9. The number of nitrogens with two attached hydrogens (primary N) is 1. The molecule has 100 valence electrons. The maximum absolute atomic E-state index is 10.7. The van der Waals surface area contributed by atoms with Gasteiger partial charge in [0.2, 0.25) is 0 Å². The van der Waals surface area contributed by atoms with E-state index in [0.717, 1.165) is 0 Å². The molecule has 0 heterocycles. The van der Waals surface area contributed by atoms with Crippen LogP contribution in [0.4, 0.5) is 0 Å². The van der Waals surface area contributed by atoms with Gasteiger partial charge in [-0.1, -0.05) is 24.3 Å². The maximum atomic E-state index is 10.7. The summed E-state index contributed by atoms with van der Waals surface area (Å²) in [5.74, 6) is 0. The normalized spacial score (nSPS) is 27.9. The smallest absolute Gasteiger partial charge is 0.0694 e. The molecule has 0 aromatic rings. The SMILES string of the molecule is C=CCC1(CC=C)C(N)C(CC=C)(CC=C)C1O. The predicted molar refractivity (Wildman–Crippen MR) is 78.1 cm³/mol. The van der Waals surface area contributed by atoms with Crippen LogP contribution < -0.4 is 5.73 Å². The van der Waals surface area contributed by atoms with E-state index in [1.165, 1.54) is 0 Å². The number of rotatable bonds is 8. The zero-order valence-electron chi connectivity index (χ0n) is 11.1. The Morgan fingerprint density at radius 1 is 0.833 bits per heavy atom.